The molecule has 6 N–H and O–H groups in total. The average Bonchev–Trinajstić information content (AvgIpc) is 2.73. The molecular weight excluding hydrogens is 416 g/mol. The van der Waals surface area contributed by atoms with Gasteiger partial charge in [0.05, 0.1) is 18.3 Å². The third kappa shape index (κ3) is 4.86. The van der Waals surface area contributed by atoms with Crippen LogP contribution in [0.2, 0.25) is 0 Å². The van der Waals surface area contributed by atoms with E-state index in [1.54, 1.807) is 0 Å². The van der Waals surface area contributed by atoms with Crippen LogP contribution in [0.3, 0.4) is 0 Å². The maximum atomic E-state index is 12.4. The molecule has 2 aliphatic rings. The molecular formula is C20H22O11. The van der Waals surface area contributed by atoms with E-state index < -0.39 is 67.0 Å². The molecule has 1 fully saturated rings. The Kier molecular flexibility index (Phi) is 6.93. The van der Waals surface area contributed by atoms with Crippen LogP contribution in [-0.2, 0) is 19.0 Å². The van der Waals surface area contributed by atoms with Crippen molar-refractivity contribution in [2.24, 2.45) is 5.92 Å². The molecule has 3 rings (SSSR count). The van der Waals surface area contributed by atoms with E-state index in [0.717, 1.165) is 0 Å². The van der Waals surface area contributed by atoms with Crippen LogP contribution in [0.1, 0.15) is 10.4 Å². The second-order valence-corrected chi connectivity index (χ2v) is 7.02. The quantitative estimate of drug-likeness (QED) is 0.313. The first-order chi connectivity index (χ1) is 14.7. The number of hydrogen-bond acceptors (Lipinski definition) is 10. The zero-order chi connectivity index (χ0) is 22.7. The summed E-state index contributed by atoms with van der Waals surface area (Å²) in [5.41, 5.74) is 0.0259. The fourth-order valence-electron chi connectivity index (χ4n) is 3.29. The van der Waals surface area contributed by atoms with E-state index in [0.29, 0.717) is 0 Å². The van der Waals surface area contributed by atoms with Gasteiger partial charge in [-0.1, -0.05) is 12.2 Å². The summed E-state index contributed by atoms with van der Waals surface area (Å²) in [5, 5.41) is 59.0. The first kappa shape index (κ1) is 22.7. The van der Waals surface area contributed by atoms with Crippen LogP contribution in [0.4, 0.5) is 0 Å². The third-order valence-electron chi connectivity index (χ3n) is 4.94. The summed E-state index contributed by atoms with van der Waals surface area (Å²) in [6, 6.07) is 5.04. The van der Waals surface area contributed by atoms with E-state index in [1.165, 1.54) is 42.5 Å². The first-order valence-corrected chi connectivity index (χ1v) is 9.31. The summed E-state index contributed by atoms with van der Waals surface area (Å²) in [7, 11) is 0. The molecule has 11 heteroatoms. The van der Waals surface area contributed by atoms with Crippen LogP contribution in [0, 0.1) is 5.92 Å². The molecule has 0 bridgehead atoms. The smallest absolute Gasteiger partial charge is 0.338 e. The summed E-state index contributed by atoms with van der Waals surface area (Å²) in [6.45, 7) is -0.713. The second kappa shape index (κ2) is 9.45. The van der Waals surface area contributed by atoms with E-state index in [1.807, 2.05) is 0 Å². The van der Waals surface area contributed by atoms with E-state index >= 15 is 0 Å². The highest BCUT2D eigenvalue weighted by Crippen LogP contribution is 2.30. The van der Waals surface area contributed by atoms with Crippen molar-refractivity contribution in [2.45, 2.75) is 36.8 Å². The highest BCUT2D eigenvalue weighted by Gasteiger charge is 2.49. The maximum absolute atomic E-state index is 12.4. The Morgan fingerprint density at radius 1 is 1.06 bits per heavy atom. The van der Waals surface area contributed by atoms with Gasteiger partial charge in [0.25, 0.3) is 0 Å². The Hall–Kier alpha value is -2.96. The van der Waals surface area contributed by atoms with Crippen molar-refractivity contribution in [2.75, 3.05) is 6.61 Å². The number of phenols is 1. The van der Waals surface area contributed by atoms with Gasteiger partial charge < -0.3 is 44.8 Å². The van der Waals surface area contributed by atoms with Crippen LogP contribution in [-0.4, -0.2) is 86.0 Å². The molecule has 1 saturated heterocycles. The van der Waals surface area contributed by atoms with Crippen LogP contribution < -0.4 is 0 Å². The van der Waals surface area contributed by atoms with Gasteiger partial charge in [0.15, 0.2) is 12.4 Å². The van der Waals surface area contributed by atoms with Crippen molar-refractivity contribution in [1.82, 2.24) is 0 Å². The molecule has 0 radical (unpaired) electrons. The maximum Gasteiger partial charge on any atom is 0.338 e. The van der Waals surface area contributed by atoms with E-state index in [4.69, 9.17) is 14.2 Å². The van der Waals surface area contributed by atoms with Gasteiger partial charge in [0.1, 0.15) is 35.7 Å². The topological polar surface area (TPSA) is 183 Å². The lowest BCUT2D eigenvalue weighted by Gasteiger charge is -2.42. The summed E-state index contributed by atoms with van der Waals surface area (Å²) in [4.78, 5) is 23.9. The Bertz CT molecular complexity index is 862. The minimum absolute atomic E-state index is 0.0259. The minimum Gasteiger partial charge on any atom is -0.511 e. The number of benzene rings is 1. The molecule has 1 aromatic carbocycles. The number of carboxylic acid groups (broad SMARTS) is 1. The lowest BCUT2D eigenvalue weighted by molar-refractivity contribution is -0.309. The van der Waals surface area contributed by atoms with Gasteiger partial charge in [-0.05, 0) is 30.3 Å². The molecule has 0 spiro atoms. The summed E-state index contributed by atoms with van der Waals surface area (Å²) < 4.78 is 16.1. The van der Waals surface area contributed by atoms with Gasteiger partial charge in [0.2, 0.25) is 0 Å². The molecule has 11 nitrogen and oxygen atoms in total. The van der Waals surface area contributed by atoms with Crippen LogP contribution in [0.25, 0.3) is 0 Å². The number of carbonyl (C=O) groups is 2. The molecule has 0 saturated carbocycles. The monoisotopic (exact) mass is 438 g/mol. The van der Waals surface area contributed by atoms with Crippen molar-refractivity contribution in [3.8, 4) is 5.75 Å². The predicted octanol–water partition coefficient (Wildman–Crippen LogP) is -0.546. The van der Waals surface area contributed by atoms with E-state index in [2.05, 4.69) is 0 Å². The lowest BCUT2D eigenvalue weighted by atomic mass is 9.94. The number of allylic oxidation sites excluding steroid dienone is 2. The predicted molar refractivity (Wildman–Crippen MR) is 101 cm³/mol. The number of aliphatic carboxylic acids is 1. The number of carbonyl (C=O) groups excluding carboxylic acids is 1. The Morgan fingerprint density at radius 3 is 2.35 bits per heavy atom. The SMILES string of the molecule is O=C(OC1C(O)C(CO)OC(OC2C=CC=C(O)C2C(=O)O)C1O)c1ccc(O)cc1. The van der Waals surface area contributed by atoms with Crippen LogP contribution >= 0.6 is 0 Å². The van der Waals surface area contributed by atoms with Crippen molar-refractivity contribution in [3.05, 3.63) is 53.8 Å². The molecule has 0 aromatic heterocycles. The first-order valence-electron chi connectivity index (χ1n) is 9.31. The van der Waals surface area contributed by atoms with E-state index in [9.17, 15) is 40.2 Å². The van der Waals surface area contributed by atoms with Gasteiger partial charge >= 0.3 is 11.9 Å². The fraction of sp³-hybridized carbons (Fsp3) is 0.400. The van der Waals surface area contributed by atoms with Crippen molar-refractivity contribution in [1.29, 1.82) is 0 Å². The highest BCUT2D eigenvalue weighted by atomic mass is 16.7. The Balaban J connectivity index is 1.78. The van der Waals surface area contributed by atoms with Crippen molar-refractivity contribution in [3.63, 3.8) is 0 Å². The standard InChI is InChI=1S/C20H22O11/c21-8-13-15(24)17(31-19(28)9-4-6-10(22)7-5-9)16(25)20(30-13)29-12-3-1-2-11(23)14(12)18(26)27/h1-7,12-17,20-25H,8H2,(H,26,27). The van der Waals surface area contributed by atoms with Gasteiger partial charge in [-0.15, -0.1) is 0 Å². The number of hydrogen-bond donors (Lipinski definition) is 6. The second-order valence-electron chi connectivity index (χ2n) is 7.02. The lowest BCUT2D eigenvalue weighted by Crippen LogP contribution is -2.61. The molecule has 7 atom stereocenters. The van der Waals surface area contributed by atoms with Gasteiger partial charge in [-0.25, -0.2) is 4.79 Å². The van der Waals surface area contributed by atoms with Gasteiger partial charge in [0, 0.05) is 0 Å². The van der Waals surface area contributed by atoms with E-state index in [-0.39, 0.29) is 11.3 Å². The zero-order valence-electron chi connectivity index (χ0n) is 16.0. The number of aliphatic hydroxyl groups is 4. The number of aliphatic hydroxyl groups excluding tert-OH is 4. The normalized spacial score (nSPS) is 32.9. The molecule has 0 amide bonds. The summed E-state index contributed by atoms with van der Waals surface area (Å²) in [6.07, 6.45) is -5.25. The largest absolute Gasteiger partial charge is 0.511 e. The highest BCUT2D eigenvalue weighted by molar-refractivity contribution is 5.89. The number of carboxylic acids is 1. The molecule has 1 aliphatic carbocycles. The van der Waals surface area contributed by atoms with Gasteiger partial charge in [-0.3, -0.25) is 4.79 Å². The number of phenolic OH excluding ortho intramolecular Hbond substituents is 1. The molecule has 7 unspecified atom stereocenters. The van der Waals surface area contributed by atoms with Crippen molar-refractivity contribution >= 4 is 11.9 Å². The number of esters is 1. The fourth-order valence-corrected chi connectivity index (χ4v) is 3.29. The zero-order valence-corrected chi connectivity index (χ0v) is 16.0. The molecule has 1 aromatic rings. The Morgan fingerprint density at radius 2 is 1.74 bits per heavy atom. The molecule has 31 heavy (non-hydrogen) atoms. The molecule has 168 valence electrons. The van der Waals surface area contributed by atoms with Crippen LogP contribution in [0.15, 0.2) is 48.3 Å². The minimum atomic E-state index is -1.75. The summed E-state index contributed by atoms with van der Waals surface area (Å²) in [5.74, 6) is -4.34. The Labute approximate surface area is 176 Å². The molecule has 1 aliphatic heterocycles. The number of aromatic hydroxyl groups is 1. The van der Waals surface area contributed by atoms with Crippen molar-refractivity contribution < 1.29 is 54.4 Å². The van der Waals surface area contributed by atoms with Crippen LogP contribution in [0.5, 0.6) is 5.75 Å². The number of ether oxygens (including phenoxy) is 3. The van der Waals surface area contributed by atoms with Gasteiger partial charge in [-0.2, -0.15) is 0 Å². The molecule has 1 heterocycles. The third-order valence-corrected chi connectivity index (χ3v) is 4.94. The number of rotatable bonds is 6. The average molecular weight is 438 g/mol. The summed E-state index contributed by atoms with van der Waals surface area (Å²) >= 11 is 0.